The molecule has 110 valence electrons. The quantitative estimate of drug-likeness (QED) is 0.604. The summed E-state index contributed by atoms with van der Waals surface area (Å²) in [6.45, 7) is 0.630. The van der Waals surface area contributed by atoms with E-state index in [2.05, 4.69) is 10.5 Å². The Balaban J connectivity index is 2.17. The minimum atomic E-state index is -0.577. The summed E-state index contributed by atoms with van der Waals surface area (Å²) < 4.78 is 0. The Morgan fingerprint density at radius 2 is 1.57 bits per heavy atom. The van der Waals surface area contributed by atoms with Gasteiger partial charge in [0.1, 0.15) is 18.4 Å². The van der Waals surface area contributed by atoms with E-state index in [-0.39, 0.29) is 6.61 Å². The third-order valence-electron chi connectivity index (χ3n) is 2.96. The fourth-order valence-corrected chi connectivity index (χ4v) is 1.95. The number of nitrogens with one attached hydrogen (secondary N) is 1. The maximum Gasteiger partial charge on any atom is 0.144 e. The summed E-state index contributed by atoms with van der Waals surface area (Å²) in [5.41, 5.74) is 2.71. The van der Waals surface area contributed by atoms with E-state index >= 15 is 0 Å². The Morgan fingerprint density at radius 3 is 2.05 bits per heavy atom. The van der Waals surface area contributed by atoms with E-state index in [0.717, 1.165) is 16.8 Å². The van der Waals surface area contributed by atoms with Crippen molar-refractivity contribution >= 4 is 5.71 Å². The zero-order valence-corrected chi connectivity index (χ0v) is 12.1. The molecule has 0 heterocycles. The lowest BCUT2D eigenvalue weighted by molar-refractivity contribution is 0.0415. The van der Waals surface area contributed by atoms with Gasteiger partial charge in [0, 0.05) is 17.7 Å². The van der Waals surface area contributed by atoms with Crippen LogP contribution in [0.2, 0.25) is 0 Å². The fraction of sp³-hybridized carbons (Fsp3) is 0.235. The maximum absolute atomic E-state index is 9.65. The molecule has 2 aromatic carbocycles. The summed E-state index contributed by atoms with van der Waals surface area (Å²) in [6.07, 6.45) is -0.577. The van der Waals surface area contributed by atoms with Crippen molar-refractivity contribution in [1.82, 2.24) is 5.32 Å². The second-order valence-electron chi connectivity index (χ2n) is 4.68. The number of oxime groups is 1. The molecule has 0 amide bonds. The van der Waals surface area contributed by atoms with Crippen LogP contribution in [0.5, 0.6) is 0 Å². The lowest BCUT2D eigenvalue weighted by Crippen LogP contribution is -2.27. The molecule has 0 spiro atoms. The average Bonchev–Trinajstić information content (AvgIpc) is 2.53. The molecule has 4 nitrogen and oxygen atoms in total. The molecule has 0 aromatic heterocycles. The molecule has 0 aliphatic heterocycles. The number of nitrogens with zero attached hydrogens (tertiary/aromatic N) is 1. The topological polar surface area (TPSA) is 53.8 Å². The highest BCUT2D eigenvalue weighted by molar-refractivity contribution is 6.12. The number of rotatable bonds is 7. The maximum atomic E-state index is 9.65. The van der Waals surface area contributed by atoms with E-state index in [1.54, 1.807) is 7.05 Å². The molecule has 0 radical (unpaired) electrons. The molecule has 0 bridgehead atoms. The molecule has 1 atom stereocenters. The van der Waals surface area contributed by atoms with Crippen molar-refractivity contribution in [3.05, 3.63) is 71.8 Å². The van der Waals surface area contributed by atoms with Gasteiger partial charge in [-0.05, 0) is 7.05 Å². The van der Waals surface area contributed by atoms with Gasteiger partial charge >= 0.3 is 0 Å². The Bertz CT molecular complexity index is 514. The molecule has 1 unspecified atom stereocenters. The summed E-state index contributed by atoms with van der Waals surface area (Å²) in [4.78, 5) is 5.32. The van der Waals surface area contributed by atoms with E-state index in [4.69, 9.17) is 4.84 Å². The van der Waals surface area contributed by atoms with Crippen LogP contribution >= 0.6 is 0 Å². The third kappa shape index (κ3) is 4.70. The molecule has 21 heavy (non-hydrogen) atoms. The van der Waals surface area contributed by atoms with Gasteiger partial charge in [0.15, 0.2) is 0 Å². The van der Waals surface area contributed by atoms with Gasteiger partial charge in [-0.3, -0.25) is 0 Å². The van der Waals surface area contributed by atoms with Gasteiger partial charge in [0.25, 0.3) is 0 Å². The fourth-order valence-electron chi connectivity index (χ4n) is 1.95. The third-order valence-corrected chi connectivity index (χ3v) is 2.96. The Hall–Kier alpha value is -2.17. The summed E-state index contributed by atoms with van der Waals surface area (Å²) in [7, 11) is 1.78. The normalized spacial score (nSPS) is 11.7. The number of aliphatic hydroxyl groups excluding tert-OH is 1. The van der Waals surface area contributed by atoms with Crippen LogP contribution < -0.4 is 5.32 Å². The van der Waals surface area contributed by atoms with Crippen LogP contribution in [0.15, 0.2) is 65.8 Å². The first kappa shape index (κ1) is 15.2. The first-order chi connectivity index (χ1) is 10.3. The van der Waals surface area contributed by atoms with Gasteiger partial charge in [0.2, 0.25) is 0 Å². The molecule has 4 heteroatoms. The van der Waals surface area contributed by atoms with Crippen LogP contribution in [-0.2, 0) is 4.84 Å². The van der Waals surface area contributed by atoms with Gasteiger partial charge in [-0.15, -0.1) is 0 Å². The SMILES string of the molecule is CNCC(O)CON=C(c1ccccc1)c1ccccc1. The zero-order chi connectivity index (χ0) is 14.9. The van der Waals surface area contributed by atoms with Crippen molar-refractivity contribution in [2.75, 3.05) is 20.2 Å². The number of aliphatic hydroxyl groups is 1. The van der Waals surface area contributed by atoms with Crippen LogP contribution in [0, 0.1) is 0 Å². The Labute approximate surface area is 125 Å². The van der Waals surface area contributed by atoms with Crippen molar-refractivity contribution in [2.24, 2.45) is 5.16 Å². The molecule has 0 saturated carbocycles. The molecule has 0 aliphatic rings. The number of hydrogen-bond acceptors (Lipinski definition) is 4. The summed E-state index contributed by atoms with van der Waals surface area (Å²) in [6, 6.07) is 19.7. The monoisotopic (exact) mass is 284 g/mol. The predicted octanol–water partition coefficient (Wildman–Crippen LogP) is 2.04. The van der Waals surface area contributed by atoms with Gasteiger partial charge in [-0.25, -0.2) is 0 Å². The van der Waals surface area contributed by atoms with Crippen molar-refractivity contribution in [3.63, 3.8) is 0 Å². The van der Waals surface area contributed by atoms with E-state index < -0.39 is 6.10 Å². The molecule has 2 aromatic rings. The van der Waals surface area contributed by atoms with Gasteiger partial charge < -0.3 is 15.3 Å². The Kier molecular flexibility index (Phi) is 5.94. The highest BCUT2D eigenvalue weighted by atomic mass is 16.6. The van der Waals surface area contributed by atoms with E-state index in [0.29, 0.717) is 6.54 Å². The van der Waals surface area contributed by atoms with Gasteiger partial charge in [0.05, 0.1) is 0 Å². The smallest absolute Gasteiger partial charge is 0.144 e. The largest absolute Gasteiger partial charge is 0.392 e. The van der Waals surface area contributed by atoms with Crippen molar-refractivity contribution in [3.8, 4) is 0 Å². The van der Waals surface area contributed by atoms with E-state index in [1.807, 2.05) is 60.7 Å². The summed E-state index contributed by atoms with van der Waals surface area (Å²) >= 11 is 0. The molecule has 0 saturated heterocycles. The predicted molar refractivity (Wildman–Crippen MR) is 84.4 cm³/mol. The molecular formula is C17H20N2O2. The first-order valence-electron chi connectivity index (χ1n) is 6.94. The molecule has 0 fully saturated rings. The summed E-state index contributed by atoms with van der Waals surface area (Å²) in [5.74, 6) is 0. The molecule has 0 aliphatic carbocycles. The van der Waals surface area contributed by atoms with Crippen molar-refractivity contribution < 1.29 is 9.94 Å². The van der Waals surface area contributed by atoms with Crippen LogP contribution in [0.4, 0.5) is 0 Å². The van der Waals surface area contributed by atoms with E-state index in [9.17, 15) is 5.11 Å². The summed E-state index contributed by atoms with van der Waals surface area (Å²) in [5, 5.41) is 16.8. The molecular weight excluding hydrogens is 264 g/mol. The molecule has 2 rings (SSSR count). The van der Waals surface area contributed by atoms with Crippen LogP contribution in [0.1, 0.15) is 11.1 Å². The van der Waals surface area contributed by atoms with Crippen LogP contribution in [-0.4, -0.2) is 37.1 Å². The van der Waals surface area contributed by atoms with Crippen LogP contribution in [0.3, 0.4) is 0 Å². The minimum Gasteiger partial charge on any atom is -0.392 e. The first-order valence-corrected chi connectivity index (χ1v) is 6.94. The standard InChI is InChI=1S/C17H20N2O2/c1-18-12-16(20)13-21-19-17(14-8-4-2-5-9-14)15-10-6-3-7-11-15/h2-11,16,18,20H,12-13H2,1H3. The second kappa shape index (κ2) is 8.19. The van der Waals surface area contributed by atoms with Gasteiger partial charge in [-0.1, -0.05) is 65.8 Å². The average molecular weight is 284 g/mol. The second-order valence-corrected chi connectivity index (χ2v) is 4.68. The van der Waals surface area contributed by atoms with Gasteiger partial charge in [-0.2, -0.15) is 0 Å². The zero-order valence-electron chi connectivity index (χ0n) is 12.1. The van der Waals surface area contributed by atoms with E-state index in [1.165, 1.54) is 0 Å². The molecule has 2 N–H and O–H groups in total. The van der Waals surface area contributed by atoms with Crippen molar-refractivity contribution in [2.45, 2.75) is 6.10 Å². The minimum absolute atomic E-state index is 0.157. The van der Waals surface area contributed by atoms with Crippen LogP contribution in [0.25, 0.3) is 0 Å². The Morgan fingerprint density at radius 1 is 1.05 bits per heavy atom. The number of benzene rings is 2. The highest BCUT2D eigenvalue weighted by Crippen LogP contribution is 2.11. The highest BCUT2D eigenvalue weighted by Gasteiger charge is 2.08. The lowest BCUT2D eigenvalue weighted by atomic mass is 10.0. The van der Waals surface area contributed by atoms with Crippen molar-refractivity contribution in [1.29, 1.82) is 0 Å². The lowest BCUT2D eigenvalue weighted by Gasteiger charge is -2.10. The number of likely N-dealkylation sites (N-methyl/N-ethyl adjacent to an activating group) is 1. The number of hydrogen-bond donors (Lipinski definition) is 2.